The Balaban J connectivity index is 3.30. The van der Waals surface area contributed by atoms with Crippen LogP contribution in [0.3, 0.4) is 0 Å². The van der Waals surface area contributed by atoms with Gasteiger partial charge in [0.25, 0.3) is 0 Å². The fourth-order valence-electron chi connectivity index (χ4n) is 1.70. The zero-order valence-electron chi connectivity index (χ0n) is 11.0. The highest BCUT2D eigenvalue weighted by atomic mass is 19.4. The first-order chi connectivity index (χ1) is 9.84. The Bertz CT molecular complexity index is 594. The molecule has 1 aromatic carbocycles. The number of hydrogen-bond donors (Lipinski definition) is 2. The second kappa shape index (κ2) is 5.85. The number of halogens is 6. The van der Waals surface area contributed by atoms with Gasteiger partial charge in [-0.1, -0.05) is 6.07 Å². The van der Waals surface area contributed by atoms with Crippen LogP contribution in [0.5, 0.6) is 0 Å². The van der Waals surface area contributed by atoms with Crippen molar-refractivity contribution in [3.63, 3.8) is 0 Å². The minimum absolute atomic E-state index is 0.0533. The number of primary amides is 1. The first kappa shape index (κ1) is 17.8. The van der Waals surface area contributed by atoms with E-state index in [2.05, 4.69) is 5.73 Å². The molecule has 122 valence electrons. The van der Waals surface area contributed by atoms with Crippen LogP contribution < -0.4 is 11.1 Å². The van der Waals surface area contributed by atoms with Gasteiger partial charge in [-0.3, -0.25) is 9.59 Å². The molecular formula is C12H10F6N2O2. The summed E-state index contributed by atoms with van der Waals surface area (Å²) in [6, 6.07) is -0.365. The first-order valence-corrected chi connectivity index (χ1v) is 5.72. The third-order valence-electron chi connectivity index (χ3n) is 2.72. The highest BCUT2D eigenvalue weighted by Gasteiger charge is 2.39. The third kappa shape index (κ3) is 4.12. The molecule has 0 spiro atoms. The van der Waals surface area contributed by atoms with Gasteiger partial charge in [0.15, 0.2) is 0 Å². The maximum atomic E-state index is 12.9. The Hall–Kier alpha value is -2.26. The minimum atomic E-state index is -5.07. The van der Waals surface area contributed by atoms with Crippen molar-refractivity contribution in [3.8, 4) is 0 Å². The predicted molar refractivity (Wildman–Crippen MR) is 62.2 cm³/mol. The van der Waals surface area contributed by atoms with E-state index in [0.717, 1.165) is 6.92 Å². The number of amides is 2. The van der Waals surface area contributed by atoms with Gasteiger partial charge in [-0.25, -0.2) is 0 Å². The highest BCUT2D eigenvalue weighted by molar-refractivity contribution is 6.34. The fourth-order valence-corrected chi connectivity index (χ4v) is 1.70. The molecule has 0 unspecified atom stereocenters. The van der Waals surface area contributed by atoms with Crippen LogP contribution in [0.15, 0.2) is 18.2 Å². The second-order valence-electron chi connectivity index (χ2n) is 4.36. The quantitative estimate of drug-likeness (QED) is 0.646. The Kier molecular flexibility index (Phi) is 4.73. The molecule has 2 amide bonds. The summed E-state index contributed by atoms with van der Waals surface area (Å²) in [5, 5.41) is 1.87. The van der Waals surface area contributed by atoms with Gasteiger partial charge >= 0.3 is 24.2 Å². The lowest BCUT2D eigenvalue weighted by atomic mass is 9.98. The molecule has 0 aromatic heterocycles. The smallest absolute Gasteiger partial charge is 0.361 e. The molecule has 0 aliphatic rings. The van der Waals surface area contributed by atoms with Crippen molar-refractivity contribution in [2.75, 3.05) is 0 Å². The largest absolute Gasteiger partial charge is 0.416 e. The zero-order valence-corrected chi connectivity index (χ0v) is 11.0. The van der Waals surface area contributed by atoms with Crippen molar-refractivity contribution in [3.05, 3.63) is 34.9 Å². The summed E-state index contributed by atoms with van der Waals surface area (Å²) < 4.78 is 76.2. The van der Waals surface area contributed by atoms with Crippen LogP contribution in [0.4, 0.5) is 26.3 Å². The monoisotopic (exact) mass is 328 g/mol. The topological polar surface area (TPSA) is 72.2 Å². The summed E-state index contributed by atoms with van der Waals surface area (Å²) in [6.45, 7) is 1.08. The van der Waals surface area contributed by atoms with E-state index in [1.165, 1.54) is 0 Å². The van der Waals surface area contributed by atoms with E-state index >= 15 is 0 Å². The fraction of sp³-hybridized carbons (Fsp3) is 0.333. The Labute approximate surface area is 120 Å². The molecule has 0 radical (unpaired) electrons. The van der Waals surface area contributed by atoms with Gasteiger partial charge in [-0.15, -0.1) is 0 Å². The minimum Gasteiger partial charge on any atom is -0.361 e. The average molecular weight is 328 g/mol. The molecule has 0 saturated carbocycles. The summed E-state index contributed by atoms with van der Waals surface area (Å²) in [6.07, 6.45) is -10.0. The van der Waals surface area contributed by atoms with Crippen LogP contribution >= 0.6 is 0 Å². The molecule has 0 saturated heterocycles. The van der Waals surface area contributed by atoms with Crippen LogP contribution in [0.25, 0.3) is 0 Å². The first-order valence-electron chi connectivity index (χ1n) is 5.72. The van der Waals surface area contributed by atoms with Gasteiger partial charge in [-0.05, 0) is 24.6 Å². The summed E-state index contributed by atoms with van der Waals surface area (Å²) in [5.41, 5.74) is 0.999. The molecule has 0 aliphatic carbocycles. The zero-order chi connectivity index (χ0) is 17.3. The molecule has 0 heterocycles. The van der Waals surface area contributed by atoms with Crippen LogP contribution in [-0.4, -0.2) is 11.8 Å². The highest BCUT2D eigenvalue weighted by Crippen LogP contribution is 2.39. The molecule has 10 heteroatoms. The van der Waals surface area contributed by atoms with Crippen LogP contribution in [0.1, 0.15) is 29.7 Å². The number of rotatable bonds is 2. The molecule has 1 atom stereocenters. The van der Waals surface area contributed by atoms with Crippen molar-refractivity contribution in [1.29, 1.82) is 0 Å². The van der Waals surface area contributed by atoms with E-state index in [4.69, 9.17) is 0 Å². The van der Waals surface area contributed by atoms with Gasteiger partial charge in [0.05, 0.1) is 17.2 Å². The number of benzene rings is 1. The van der Waals surface area contributed by atoms with Gasteiger partial charge in [0, 0.05) is 0 Å². The number of nitrogens with one attached hydrogen (secondary N) is 1. The van der Waals surface area contributed by atoms with E-state index < -0.39 is 46.9 Å². The molecule has 1 rings (SSSR count). The number of alkyl halides is 6. The van der Waals surface area contributed by atoms with E-state index in [0.29, 0.717) is 12.1 Å². The molecule has 0 aliphatic heterocycles. The van der Waals surface area contributed by atoms with Crippen molar-refractivity contribution in [1.82, 2.24) is 5.32 Å². The number of carbonyl (C=O) groups excluding carboxylic acids is 2. The van der Waals surface area contributed by atoms with Crippen molar-refractivity contribution in [2.45, 2.75) is 25.3 Å². The van der Waals surface area contributed by atoms with Crippen molar-refractivity contribution >= 4 is 11.8 Å². The normalized spacial score (nSPS) is 13.6. The Morgan fingerprint density at radius 3 is 2.05 bits per heavy atom. The van der Waals surface area contributed by atoms with Gasteiger partial charge < -0.3 is 11.1 Å². The molecular weight excluding hydrogens is 318 g/mol. The molecule has 0 fully saturated rings. The molecule has 3 N–H and O–H groups in total. The van der Waals surface area contributed by atoms with E-state index in [1.54, 1.807) is 0 Å². The summed E-state index contributed by atoms with van der Waals surface area (Å²) in [7, 11) is 0. The second-order valence-corrected chi connectivity index (χ2v) is 4.36. The van der Waals surface area contributed by atoms with E-state index in [9.17, 15) is 35.9 Å². The molecule has 0 bridgehead atoms. The van der Waals surface area contributed by atoms with Gasteiger partial charge in [-0.2, -0.15) is 26.3 Å². The molecule has 4 nitrogen and oxygen atoms in total. The van der Waals surface area contributed by atoms with Gasteiger partial charge in [0.2, 0.25) is 0 Å². The van der Waals surface area contributed by atoms with Crippen molar-refractivity contribution in [2.24, 2.45) is 5.73 Å². The summed E-state index contributed by atoms with van der Waals surface area (Å²) >= 11 is 0. The lowest BCUT2D eigenvalue weighted by Crippen LogP contribution is -2.38. The van der Waals surface area contributed by atoms with Gasteiger partial charge in [0.1, 0.15) is 0 Å². The molecule has 22 heavy (non-hydrogen) atoms. The van der Waals surface area contributed by atoms with E-state index in [1.807, 2.05) is 5.32 Å². The maximum Gasteiger partial charge on any atom is 0.416 e. The SMILES string of the molecule is C[C@H](NC(=O)C(N)=O)c1ccc(C(F)(F)F)cc1C(F)(F)F. The van der Waals surface area contributed by atoms with Crippen molar-refractivity contribution < 1.29 is 35.9 Å². The Morgan fingerprint density at radius 1 is 1.09 bits per heavy atom. The predicted octanol–water partition coefficient (Wildman–Crippen LogP) is 2.39. The third-order valence-corrected chi connectivity index (χ3v) is 2.72. The molecule has 1 aromatic rings. The maximum absolute atomic E-state index is 12.9. The van der Waals surface area contributed by atoms with E-state index in [-0.39, 0.29) is 6.07 Å². The lowest BCUT2D eigenvalue weighted by Gasteiger charge is -2.20. The number of nitrogens with two attached hydrogens (primary N) is 1. The summed E-state index contributed by atoms with van der Waals surface area (Å²) in [5.74, 6) is -2.77. The number of hydrogen-bond acceptors (Lipinski definition) is 2. The lowest BCUT2D eigenvalue weighted by molar-refractivity contribution is -0.143. The Morgan fingerprint density at radius 2 is 1.64 bits per heavy atom. The van der Waals surface area contributed by atoms with Crippen LogP contribution in [0.2, 0.25) is 0 Å². The number of carbonyl (C=O) groups is 2. The summed E-state index contributed by atoms with van der Waals surface area (Å²) in [4.78, 5) is 21.6. The van der Waals surface area contributed by atoms with Crippen LogP contribution in [-0.2, 0) is 21.9 Å². The van der Waals surface area contributed by atoms with Crippen LogP contribution in [0, 0.1) is 0 Å². The standard InChI is InChI=1S/C12H10F6N2O2/c1-5(20-10(22)9(19)21)7-3-2-6(11(13,14)15)4-8(7)12(16,17)18/h2-5H,1H3,(H2,19,21)(H,20,22)/t5-/m0/s1. The average Bonchev–Trinajstić information content (AvgIpc) is 2.35.